The quantitative estimate of drug-likeness (QED) is 0.850. The molecule has 0 amide bonds. The molecule has 1 fully saturated rings. The average molecular weight is 343 g/mol. The maximum absolute atomic E-state index is 15.0. The summed E-state index contributed by atoms with van der Waals surface area (Å²) in [5, 5.41) is 3.70. The molecule has 3 rings (SSSR count). The predicted molar refractivity (Wildman–Crippen MR) is 78.1 cm³/mol. The van der Waals surface area contributed by atoms with E-state index in [1.807, 2.05) is 0 Å². The van der Waals surface area contributed by atoms with E-state index in [-0.39, 0.29) is 37.0 Å². The zero-order valence-corrected chi connectivity index (χ0v) is 13.2. The summed E-state index contributed by atoms with van der Waals surface area (Å²) in [5.41, 5.74) is -1.52. The van der Waals surface area contributed by atoms with Gasteiger partial charge in [0.25, 0.3) is 5.89 Å². The maximum Gasteiger partial charge on any atom is 0.266 e. The lowest BCUT2D eigenvalue weighted by molar-refractivity contribution is 0.127. The lowest BCUT2D eigenvalue weighted by Gasteiger charge is -2.16. The highest BCUT2D eigenvalue weighted by atomic mass is 32.2. The minimum Gasteiger partial charge on any atom is -0.335 e. The maximum atomic E-state index is 15.0. The molecule has 9 heteroatoms. The van der Waals surface area contributed by atoms with Crippen molar-refractivity contribution in [2.75, 3.05) is 18.8 Å². The molecule has 0 spiro atoms. The van der Waals surface area contributed by atoms with Crippen molar-refractivity contribution >= 4 is 10.0 Å². The highest BCUT2D eigenvalue weighted by Crippen LogP contribution is 2.37. The van der Waals surface area contributed by atoms with Gasteiger partial charge >= 0.3 is 0 Å². The van der Waals surface area contributed by atoms with Crippen LogP contribution in [0.25, 0.3) is 11.4 Å². The number of halogens is 2. The van der Waals surface area contributed by atoms with Crippen LogP contribution in [-0.4, -0.2) is 41.7 Å². The summed E-state index contributed by atoms with van der Waals surface area (Å²) in [6, 6.07) is 5.39. The van der Waals surface area contributed by atoms with Crippen molar-refractivity contribution in [3.8, 4) is 11.4 Å². The van der Waals surface area contributed by atoms with Gasteiger partial charge in [-0.15, -0.1) is 0 Å². The smallest absolute Gasteiger partial charge is 0.266 e. The molecule has 1 atom stereocenters. The molecule has 124 valence electrons. The fourth-order valence-electron chi connectivity index (χ4n) is 2.46. The largest absolute Gasteiger partial charge is 0.335 e. The third-order valence-electron chi connectivity index (χ3n) is 3.85. The zero-order valence-electron chi connectivity index (χ0n) is 12.4. The topological polar surface area (TPSA) is 76.3 Å². The van der Waals surface area contributed by atoms with Crippen LogP contribution in [0.2, 0.25) is 0 Å². The fraction of sp³-hybridized carbons (Fsp3) is 0.429. The molecular formula is C14H15F2N3O3S. The summed E-state index contributed by atoms with van der Waals surface area (Å²) < 4.78 is 57.7. The zero-order chi connectivity index (χ0) is 16.7. The van der Waals surface area contributed by atoms with Crippen LogP contribution >= 0.6 is 0 Å². The van der Waals surface area contributed by atoms with Gasteiger partial charge in [0, 0.05) is 18.5 Å². The Morgan fingerprint density at radius 3 is 2.70 bits per heavy atom. The van der Waals surface area contributed by atoms with Gasteiger partial charge in [0.05, 0.1) is 12.3 Å². The molecule has 23 heavy (non-hydrogen) atoms. The van der Waals surface area contributed by atoms with Crippen molar-refractivity contribution in [3.63, 3.8) is 0 Å². The Balaban J connectivity index is 1.84. The van der Waals surface area contributed by atoms with Crippen molar-refractivity contribution in [1.29, 1.82) is 0 Å². The van der Waals surface area contributed by atoms with Crippen LogP contribution in [0.1, 0.15) is 19.2 Å². The fourth-order valence-corrected chi connectivity index (χ4v) is 3.59. The first kappa shape index (κ1) is 16.0. The highest BCUT2D eigenvalue weighted by molar-refractivity contribution is 7.89. The van der Waals surface area contributed by atoms with Crippen molar-refractivity contribution in [2.45, 2.75) is 19.0 Å². The Morgan fingerprint density at radius 2 is 2.04 bits per heavy atom. The summed E-state index contributed by atoms with van der Waals surface area (Å²) >= 11 is 0. The number of hydrogen-bond acceptors (Lipinski definition) is 5. The molecule has 6 nitrogen and oxygen atoms in total. The second kappa shape index (κ2) is 5.64. The van der Waals surface area contributed by atoms with E-state index in [2.05, 4.69) is 10.1 Å². The minimum absolute atomic E-state index is 0.0444. The van der Waals surface area contributed by atoms with E-state index < -0.39 is 21.5 Å². The van der Waals surface area contributed by atoms with E-state index in [4.69, 9.17) is 4.52 Å². The van der Waals surface area contributed by atoms with Gasteiger partial charge in [-0.25, -0.2) is 17.2 Å². The summed E-state index contributed by atoms with van der Waals surface area (Å²) in [7, 11) is -3.47. The first-order valence-corrected chi connectivity index (χ1v) is 8.72. The summed E-state index contributed by atoms with van der Waals surface area (Å²) in [4.78, 5) is 4.01. The summed E-state index contributed by atoms with van der Waals surface area (Å²) in [6.45, 7) is 1.24. The van der Waals surface area contributed by atoms with Crippen molar-refractivity contribution in [1.82, 2.24) is 14.4 Å². The van der Waals surface area contributed by atoms with Crippen LogP contribution < -0.4 is 0 Å². The molecular weight excluding hydrogens is 328 g/mol. The Labute approximate surface area is 132 Å². The average Bonchev–Trinajstić information content (AvgIpc) is 3.16. The normalized spacial score (nSPS) is 22.6. The van der Waals surface area contributed by atoms with Crippen LogP contribution in [0.3, 0.4) is 0 Å². The Kier molecular flexibility index (Phi) is 3.93. The van der Waals surface area contributed by atoms with Gasteiger partial charge in [-0.1, -0.05) is 5.16 Å². The number of sulfonamides is 1. The molecule has 1 aromatic heterocycles. The van der Waals surface area contributed by atoms with E-state index in [0.29, 0.717) is 5.56 Å². The number of hydrogen-bond donors (Lipinski definition) is 0. The van der Waals surface area contributed by atoms with E-state index >= 15 is 0 Å². The standard InChI is InChI=1S/C14H15F2N3O3S/c1-2-23(20,21)19-8-7-14(16,9-19)13-17-12(18-22-13)10-3-5-11(15)6-4-10/h3-6H,2,7-9H2,1H3. The molecule has 0 saturated carbocycles. The van der Waals surface area contributed by atoms with Crippen molar-refractivity contribution in [3.05, 3.63) is 36.0 Å². The molecule has 0 bridgehead atoms. The van der Waals surface area contributed by atoms with Crippen molar-refractivity contribution < 1.29 is 21.7 Å². The van der Waals surface area contributed by atoms with Gasteiger partial charge < -0.3 is 4.52 Å². The molecule has 1 aliphatic heterocycles. The number of rotatable bonds is 4. The molecule has 2 aromatic rings. The molecule has 0 aliphatic carbocycles. The molecule has 1 unspecified atom stereocenters. The summed E-state index contributed by atoms with van der Waals surface area (Å²) in [5.74, 6) is -0.622. The molecule has 1 saturated heterocycles. The molecule has 1 aliphatic rings. The van der Waals surface area contributed by atoms with Gasteiger partial charge in [-0.05, 0) is 31.2 Å². The van der Waals surface area contributed by atoms with E-state index in [9.17, 15) is 17.2 Å². The third-order valence-corrected chi connectivity index (χ3v) is 5.68. The van der Waals surface area contributed by atoms with Gasteiger partial charge in [-0.3, -0.25) is 0 Å². The van der Waals surface area contributed by atoms with E-state index in [0.717, 1.165) is 4.31 Å². The van der Waals surface area contributed by atoms with Crippen LogP contribution in [0.15, 0.2) is 28.8 Å². The van der Waals surface area contributed by atoms with Gasteiger partial charge in [0.1, 0.15) is 5.82 Å². The first-order valence-electron chi connectivity index (χ1n) is 7.11. The SMILES string of the molecule is CCS(=O)(=O)N1CCC(F)(c2nc(-c3ccc(F)cc3)no2)C1. The highest BCUT2D eigenvalue weighted by Gasteiger charge is 2.48. The molecule has 0 N–H and O–H groups in total. The Hall–Kier alpha value is -1.87. The monoisotopic (exact) mass is 343 g/mol. The molecule has 0 radical (unpaired) electrons. The lowest BCUT2D eigenvalue weighted by Crippen LogP contribution is -2.33. The van der Waals surface area contributed by atoms with Crippen LogP contribution in [-0.2, 0) is 15.7 Å². The second-order valence-electron chi connectivity index (χ2n) is 5.38. The molecule has 2 heterocycles. The van der Waals surface area contributed by atoms with Crippen LogP contribution in [0, 0.1) is 5.82 Å². The number of nitrogens with zero attached hydrogens (tertiary/aromatic N) is 3. The van der Waals surface area contributed by atoms with Gasteiger partial charge in [-0.2, -0.15) is 9.29 Å². The summed E-state index contributed by atoms with van der Waals surface area (Å²) in [6.07, 6.45) is -0.0444. The third kappa shape index (κ3) is 2.98. The minimum atomic E-state index is -3.47. The van der Waals surface area contributed by atoms with Gasteiger partial charge in [0.2, 0.25) is 21.5 Å². The Morgan fingerprint density at radius 1 is 1.35 bits per heavy atom. The van der Waals surface area contributed by atoms with Crippen molar-refractivity contribution in [2.24, 2.45) is 0 Å². The van der Waals surface area contributed by atoms with E-state index in [1.165, 1.54) is 31.2 Å². The number of benzene rings is 1. The number of aromatic nitrogens is 2. The van der Waals surface area contributed by atoms with E-state index in [1.54, 1.807) is 0 Å². The Bertz CT molecular complexity index is 807. The predicted octanol–water partition coefficient (Wildman–Crippen LogP) is 2.10. The lowest BCUT2D eigenvalue weighted by atomic mass is 10.1. The second-order valence-corrected chi connectivity index (χ2v) is 7.64. The number of alkyl halides is 1. The van der Waals surface area contributed by atoms with Crippen LogP contribution in [0.5, 0.6) is 0 Å². The molecule has 1 aromatic carbocycles. The first-order chi connectivity index (χ1) is 10.8. The van der Waals surface area contributed by atoms with Gasteiger partial charge in [0.15, 0.2) is 0 Å². The van der Waals surface area contributed by atoms with Crippen LogP contribution in [0.4, 0.5) is 8.78 Å².